The number of carbonyl (C=O) groups is 1. The Morgan fingerprint density at radius 2 is 1.22 bits per heavy atom. The lowest BCUT2D eigenvalue weighted by atomic mass is 10.0. The summed E-state index contributed by atoms with van der Waals surface area (Å²) in [7, 11) is 0. The van der Waals surface area contributed by atoms with Crippen LogP contribution in [0.2, 0.25) is 0 Å². The van der Waals surface area contributed by atoms with Gasteiger partial charge in [-0.1, -0.05) is 95.0 Å². The molecule has 0 unspecified atom stereocenters. The Morgan fingerprint density at radius 3 is 1.83 bits per heavy atom. The minimum atomic E-state index is 0.459. The number of unbranched alkanes of at least 4 members (excludes halogenated alkanes) is 9. The van der Waals surface area contributed by atoms with Crippen LogP contribution >= 0.6 is 0 Å². The van der Waals surface area contributed by atoms with E-state index in [2.05, 4.69) is 31.2 Å². The molecule has 1 heteroatoms. The maximum Gasteiger partial charge on any atom is 0.132 e. The number of ketones is 1. The second kappa shape index (κ2) is 14.5. The average molecular weight is 317 g/mol. The Labute approximate surface area is 143 Å². The summed E-state index contributed by atoms with van der Waals surface area (Å²) in [4.78, 5) is 11.9. The summed E-state index contributed by atoms with van der Waals surface area (Å²) in [5, 5.41) is 0. The smallest absolute Gasteiger partial charge is 0.132 e. The lowest BCUT2D eigenvalue weighted by molar-refractivity contribution is -0.119. The van der Waals surface area contributed by atoms with E-state index in [1.54, 1.807) is 0 Å². The molecule has 1 nitrogen and oxygen atoms in total. The largest absolute Gasteiger partial charge is 0.300 e. The number of rotatable bonds is 15. The summed E-state index contributed by atoms with van der Waals surface area (Å²) in [6, 6.07) is 10.5. The Morgan fingerprint density at radius 1 is 0.696 bits per heavy atom. The van der Waals surface area contributed by atoms with Crippen LogP contribution in [0.25, 0.3) is 0 Å². The van der Waals surface area contributed by atoms with Crippen LogP contribution < -0.4 is 0 Å². The molecular weight excluding hydrogens is 280 g/mol. The second-order valence-corrected chi connectivity index (χ2v) is 6.81. The highest BCUT2D eigenvalue weighted by Crippen LogP contribution is 2.12. The van der Waals surface area contributed by atoms with E-state index in [9.17, 15) is 4.79 Å². The van der Waals surface area contributed by atoms with Crippen molar-refractivity contribution in [2.24, 2.45) is 0 Å². The van der Waals surface area contributed by atoms with Gasteiger partial charge in [0.05, 0.1) is 0 Å². The lowest BCUT2D eigenvalue weighted by Gasteiger charge is -2.03. The second-order valence-electron chi connectivity index (χ2n) is 6.81. The van der Waals surface area contributed by atoms with Gasteiger partial charge in [0, 0.05) is 12.8 Å². The summed E-state index contributed by atoms with van der Waals surface area (Å²) in [5.41, 5.74) is 1.35. The lowest BCUT2D eigenvalue weighted by Crippen LogP contribution is -1.99. The molecule has 0 aromatic heterocycles. The molecule has 1 rings (SSSR count). The van der Waals surface area contributed by atoms with Gasteiger partial charge in [0.15, 0.2) is 0 Å². The standard InChI is InChI=1S/C22H36O/c1-2-3-4-5-6-7-8-9-10-14-19-22(23)20-15-18-21-16-12-11-13-17-21/h11-13,16-17H,2-10,14-15,18-20H2,1H3. The van der Waals surface area contributed by atoms with Gasteiger partial charge in [-0.05, 0) is 24.8 Å². The van der Waals surface area contributed by atoms with Crippen molar-refractivity contribution in [2.45, 2.75) is 96.8 Å². The van der Waals surface area contributed by atoms with Crippen LogP contribution in [0.1, 0.15) is 96.0 Å². The molecule has 0 aliphatic heterocycles. The third-order valence-corrected chi connectivity index (χ3v) is 4.57. The Kier molecular flexibility index (Phi) is 12.6. The molecule has 1 aromatic rings. The van der Waals surface area contributed by atoms with Gasteiger partial charge in [-0.3, -0.25) is 4.79 Å². The Hall–Kier alpha value is -1.11. The molecule has 1 aromatic carbocycles. The SMILES string of the molecule is CCCCCCCCCCCCC(=O)CCCc1ccccc1. The fraction of sp³-hybridized carbons (Fsp3) is 0.682. The quantitative estimate of drug-likeness (QED) is 0.322. The molecule has 0 aliphatic carbocycles. The number of Topliss-reactive ketones (excluding diaryl/α,β-unsaturated/α-hetero) is 1. The van der Waals surface area contributed by atoms with Gasteiger partial charge in [-0.2, -0.15) is 0 Å². The van der Waals surface area contributed by atoms with Crippen molar-refractivity contribution < 1.29 is 4.79 Å². The number of carbonyl (C=O) groups excluding carboxylic acids is 1. The summed E-state index contributed by atoms with van der Waals surface area (Å²) in [6.45, 7) is 2.27. The zero-order valence-electron chi connectivity index (χ0n) is 15.2. The number of hydrogen-bond acceptors (Lipinski definition) is 1. The zero-order valence-corrected chi connectivity index (χ0v) is 15.2. The van der Waals surface area contributed by atoms with E-state index in [1.165, 1.54) is 63.4 Å². The highest BCUT2D eigenvalue weighted by Gasteiger charge is 2.02. The molecule has 0 saturated heterocycles. The van der Waals surface area contributed by atoms with Crippen molar-refractivity contribution in [2.75, 3.05) is 0 Å². The van der Waals surface area contributed by atoms with Gasteiger partial charge in [0.1, 0.15) is 5.78 Å². The summed E-state index contributed by atoms with van der Waals surface area (Å²) >= 11 is 0. The number of hydrogen-bond donors (Lipinski definition) is 0. The fourth-order valence-corrected chi connectivity index (χ4v) is 3.07. The van der Waals surface area contributed by atoms with E-state index in [0.29, 0.717) is 5.78 Å². The summed E-state index contributed by atoms with van der Waals surface area (Å²) in [6.07, 6.45) is 16.9. The van der Waals surface area contributed by atoms with Crippen LogP contribution in [0, 0.1) is 0 Å². The van der Waals surface area contributed by atoms with Crippen LogP contribution in [-0.2, 0) is 11.2 Å². The molecule has 0 bridgehead atoms. The van der Waals surface area contributed by atoms with Crippen LogP contribution in [-0.4, -0.2) is 5.78 Å². The first-order valence-electron chi connectivity index (χ1n) is 9.88. The Balaban J connectivity index is 1.85. The molecule has 0 heterocycles. The summed E-state index contributed by atoms with van der Waals surface area (Å²) in [5.74, 6) is 0.459. The van der Waals surface area contributed by atoms with Crippen LogP contribution in [0.3, 0.4) is 0 Å². The van der Waals surface area contributed by atoms with Crippen LogP contribution in [0.5, 0.6) is 0 Å². The van der Waals surface area contributed by atoms with Crippen molar-refractivity contribution in [3.05, 3.63) is 35.9 Å². The predicted molar refractivity (Wildman–Crippen MR) is 101 cm³/mol. The maximum absolute atomic E-state index is 11.9. The highest BCUT2D eigenvalue weighted by atomic mass is 16.1. The van der Waals surface area contributed by atoms with Gasteiger partial charge in [0.2, 0.25) is 0 Å². The average Bonchev–Trinajstić information content (AvgIpc) is 2.57. The topological polar surface area (TPSA) is 17.1 Å². The van der Waals surface area contributed by atoms with Crippen molar-refractivity contribution in [1.29, 1.82) is 0 Å². The fourth-order valence-electron chi connectivity index (χ4n) is 3.07. The van der Waals surface area contributed by atoms with Crippen LogP contribution in [0.4, 0.5) is 0 Å². The van der Waals surface area contributed by atoms with Gasteiger partial charge in [-0.25, -0.2) is 0 Å². The molecule has 23 heavy (non-hydrogen) atoms. The molecule has 0 atom stereocenters. The molecule has 0 spiro atoms. The minimum absolute atomic E-state index is 0.459. The van der Waals surface area contributed by atoms with Gasteiger partial charge in [0.25, 0.3) is 0 Å². The first kappa shape index (κ1) is 19.9. The van der Waals surface area contributed by atoms with Crippen LogP contribution in [0.15, 0.2) is 30.3 Å². The number of benzene rings is 1. The third kappa shape index (κ3) is 12.0. The molecule has 0 aliphatic rings. The van der Waals surface area contributed by atoms with E-state index in [1.807, 2.05) is 6.07 Å². The van der Waals surface area contributed by atoms with E-state index >= 15 is 0 Å². The number of aryl methyl sites for hydroxylation is 1. The molecule has 0 N–H and O–H groups in total. The highest BCUT2D eigenvalue weighted by molar-refractivity contribution is 5.78. The molecular formula is C22H36O. The Bertz CT molecular complexity index is 382. The first-order chi connectivity index (χ1) is 11.3. The molecule has 0 amide bonds. The molecule has 0 saturated carbocycles. The van der Waals surface area contributed by atoms with E-state index in [-0.39, 0.29) is 0 Å². The van der Waals surface area contributed by atoms with E-state index < -0.39 is 0 Å². The van der Waals surface area contributed by atoms with Crippen molar-refractivity contribution >= 4 is 5.78 Å². The molecule has 0 radical (unpaired) electrons. The zero-order chi connectivity index (χ0) is 16.6. The van der Waals surface area contributed by atoms with Crippen molar-refractivity contribution in [3.8, 4) is 0 Å². The maximum atomic E-state index is 11.9. The van der Waals surface area contributed by atoms with E-state index in [0.717, 1.165) is 32.1 Å². The van der Waals surface area contributed by atoms with Crippen molar-refractivity contribution in [3.63, 3.8) is 0 Å². The van der Waals surface area contributed by atoms with Gasteiger partial charge in [-0.15, -0.1) is 0 Å². The monoisotopic (exact) mass is 316 g/mol. The first-order valence-corrected chi connectivity index (χ1v) is 9.88. The molecule has 130 valence electrons. The summed E-state index contributed by atoms with van der Waals surface area (Å²) < 4.78 is 0. The third-order valence-electron chi connectivity index (χ3n) is 4.57. The molecule has 0 fully saturated rings. The predicted octanol–water partition coefficient (Wildman–Crippen LogP) is 6.89. The normalized spacial score (nSPS) is 10.8. The van der Waals surface area contributed by atoms with E-state index in [4.69, 9.17) is 0 Å². The van der Waals surface area contributed by atoms with Gasteiger partial charge >= 0.3 is 0 Å². The minimum Gasteiger partial charge on any atom is -0.300 e. The van der Waals surface area contributed by atoms with Gasteiger partial charge < -0.3 is 0 Å². The van der Waals surface area contributed by atoms with Crippen molar-refractivity contribution in [1.82, 2.24) is 0 Å².